The van der Waals surface area contributed by atoms with Gasteiger partial charge >= 0.3 is 5.97 Å². The zero-order chi connectivity index (χ0) is 11.6. The smallest absolute Gasteiger partial charge is 0.308 e. The van der Waals surface area contributed by atoms with E-state index in [0.29, 0.717) is 0 Å². The van der Waals surface area contributed by atoms with Crippen LogP contribution in [-0.4, -0.2) is 36.0 Å². The molecule has 1 rings (SSSR count). The molecule has 1 atom stereocenters. The van der Waals surface area contributed by atoms with E-state index in [1.54, 1.807) is 0 Å². The van der Waals surface area contributed by atoms with E-state index in [4.69, 9.17) is 10.1 Å². The van der Waals surface area contributed by atoms with E-state index in [1.165, 1.54) is 11.9 Å². The highest BCUT2D eigenvalue weighted by molar-refractivity contribution is 6.04. The number of rotatable bonds is 3. The monoisotopic (exact) mass is 213 g/mol. The molecule has 1 aliphatic rings. The summed E-state index contributed by atoms with van der Waals surface area (Å²) in [6, 6.07) is 0. The van der Waals surface area contributed by atoms with E-state index >= 15 is 0 Å². The van der Waals surface area contributed by atoms with Crippen LogP contribution in [0.1, 0.15) is 20.3 Å². The molecule has 0 aromatic rings. The first-order chi connectivity index (χ1) is 6.91. The fourth-order valence-corrected chi connectivity index (χ4v) is 1.20. The van der Waals surface area contributed by atoms with Gasteiger partial charge in [-0.15, -0.1) is 0 Å². The molecule has 2 N–H and O–H groups in total. The van der Waals surface area contributed by atoms with Crippen LogP contribution in [0.2, 0.25) is 0 Å². The van der Waals surface area contributed by atoms with E-state index in [1.807, 2.05) is 13.8 Å². The first kappa shape index (κ1) is 11.5. The summed E-state index contributed by atoms with van der Waals surface area (Å²) < 4.78 is 4.95. The van der Waals surface area contributed by atoms with Gasteiger partial charge < -0.3 is 9.64 Å². The summed E-state index contributed by atoms with van der Waals surface area (Å²) in [5, 5.41) is 9.57. The van der Waals surface area contributed by atoms with E-state index in [-0.39, 0.29) is 18.3 Å². The zero-order valence-corrected chi connectivity index (χ0v) is 9.03. The van der Waals surface area contributed by atoms with Crippen LogP contribution in [0.5, 0.6) is 0 Å². The molecule has 0 radical (unpaired) electrons. The van der Waals surface area contributed by atoms with Gasteiger partial charge in [-0.3, -0.25) is 20.3 Å². The molecule has 84 valence electrons. The lowest BCUT2D eigenvalue weighted by atomic mass is 10.1. The van der Waals surface area contributed by atoms with Gasteiger partial charge in [0.2, 0.25) is 5.96 Å². The van der Waals surface area contributed by atoms with Crippen molar-refractivity contribution in [2.45, 2.75) is 26.5 Å². The van der Waals surface area contributed by atoms with Crippen molar-refractivity contribution in [2.24, 2.45) is 5.92 Å². The maximum atomic E-state index is 11.3. The summed E-state index contributed by atoms with van der Waals surface area (Å²) in [6.45, 7) is 3.78. The van der Waals surface area contributed by atoms with Gasteiger partial charge in [0.25, 0.3) is 12.1 Å². The van der Waals surface area contributed by atoms with Crippen LogP contribution in [-0.2, 0) is 14.3 Å². The predicted molar refractivity (Wildman–Crippen MR) is 53.0 cm³/mol. The number of esters is 1. The van der Waals surface area contributed by atoms with Crippen LogP contribution < -0.4 is 5.32 Å². The van der Waals surface area contributed by atoms with Crippen molar-refractivity contribution in [3.8, 4) is 0 Å². The minimum atomic E-state index is -0.997. The molecule has 1 heterocycles. The lowest BCUT2D eigenvalue weighted by molar-refractivity contribution is -0.160. The largest absolute Gasteiger partial charge is 0.432 e. The van der Waals surface area contributed by atoms with Gasteiger partial charge in [0, 0.05) is 13.5 Å². The maximum absolute atomic E-state index is 11.3. The van der Waals surface area contributed by atoms with Crippen molar-refractivity contribution < 1.29 is 14.3 Å². The summed E-state index contributed by atoms with van der Waals surface area (Å²) >= 11 is 0. The molecule has 0 aromatic heterocycles. The van der Waals surface area contributed by atoms with Gasteiger partial charge in [-0.25, -0.2) is 0 Å². The van der Waals surface area contributed by atoms with Gasteiger partial charge in [0.1, 0.15) is 0 Å². The number of carbonyl (C=O) groups is 2. The summed E-state index contributed by atoms with van der Waals surface area (Å²) in [4.78, 5) is 23.8. The van der Waals surface area contributed by atoms with E-state index in [0.717, 1.165) is 0 Å². The third kappa shape index (κ3) is 2.68. The number of hydrogen-bond donors (Lipinski definition) is 2. The molecule has 1 fully saturated rings. The number of carbonyl (C=O) groups excluding carboxylic acids is 2. The Morgan fingerprint density at radius 1 is 1.67 bits per heavy atom. The average molecular weight is 213 g/mol. The van der Waals surface area contributed by atoms with Crippen LogP contribution in [0.15, 0.2) is 0 Å². The summed E-state index contributed by atoms with van der Waals surface area (Å²) in [5.74, 6) is -0.764. The van der Waals surface area contributed by atoms with Gasteiger partial charge in [0.15, 0.2) is 0 Å². The summed E-state index contributed by atoms with van der Waals surface area (Å²) in [5.41, 5.74) is 0. The second kappa shape index (κ2) is 4.29. The first-order valence-electron chi connectivity index (χ1n) is 4.73. The minimum absolute atomic E-state index is 0.0534. The van der Waals surface area contributed by atoms with Gasteiger partial charge in [-0.2, -0.15) is 0 Å². The van der Waals surface area contributed by atoms with Crippen molar-refractivity contribution in [1.29, 1.82) is 5.41 Å². The fourth-order valence-electron chi connectivity index (χ4n) is 1.20. The highest BCUT2D eigenvalue weighted by Crippen LogP contribution is 2.09. The quantitative estimate of drug-likeness (QED) is 0.641. The Hall–Kier alpha value is -1.59. The predicted octanol–water partition coefficient (Wildman–Crippen LogP) is -0.102. The zero-order valence-electron chi connectivity index (χ0n) is 9.03. The highest BCUT2D eigenvalue weighted by Gasteiger charge is 2.36. The minimum Gasteiger partial charge on any atom is -0.432 e. The van der Waals surface area contributed by atoms with Gasteiger partial charge in [-0.1, -0.05) is 13.8 Å². The van der Waals surface area contributed by atoms with Crippen LogP contribution in [0, 0.1) is 11.3 Å². The lowest BCUT2D eigenvalue weighted by Gasteiger charge is -2.18. The molecule has 0 spiro atoms. The molecule has 0 saturated carbocycles. The van der Waals surface area contributed by atoms with E-state index in [2.05, 4.69) is 5.32 Å². The molecule has 1 aliphatic heterocycles. The Kier molecular flexibility index (Phi) is 3.28. The molecule has 6 heteroatoms. The SMILES string of the molecule is CC(C)CC(=O)OC1C(=O)NC(=N)N1C. The first-order valence-corrected chi connectivity index (χ1v) is 4.73. The van der Waals surface area contributed by atoms with E-state index < -0.39 is 18.1 Å². The van der Waals surface area contributed by atoms with Crippen molar-refractivity contribution in [2.75, 3.05) is 7.05 Å². The van der Waals surface area contributed by atoms with E-state index in [9.17, 15) is 9.59 Å². The Balaban J connectivity index is 2.55. The lowest BCUT2D eigenvalue weighted by Crippen LogP contribution is -2.36. The molecular weight excluding hydrogens is 198 g/mol. The van der Waals surface area contributed by atoms with Crippen LogP contribution in [0.25, 0.3) is 0 Å². The average Bonchev–Trinajstić information content (AvgIpc) is 2.31. The topological polar surface area (TPSA) is 82.5 Å². The molecule has 1 saturated heterocycles. The standard InChI is InChI=1S/C9H15N3O3/c1-5(2)4-6(13)15-8-7(14)11-9(10)12(8)3/h5,8H,4H2,1-3H3,(H2,10,11,14). The molecule has 15 heavy (non-hydrogen) atoms. The number of likely N-dealkylation sites (N-methyl/N-ethyl adjacent to an activating group) is 1. The number of ether oxygens (including phenoxy) is 1. The number of nitrogens with zero attached hydrogens (tertiary/aromatic N) is 1. The van der Waals surface area contributed by atoms with Crippen molar-refractivity contribution in [3.05, 3.63) is 0 Å². The fraction of sp³-hybridized carbons (Fsp3) is 0.667. The van der Waals surface area contributed by atoms with Crippen LogP contribution in [0.4, 0.5) is 0 Å². The number of nitrogens with one attached hydrogen (secondary N) is 2. The van der Waals surface area contributed by atoms with Crippen molar-refractivity contribution in [1.82, 2.24) is 10.2 Å². The Morgan fingerprint density at radius 2 is 2.27 bits per heavy atom. The molecule has 0 bridgehead atoms. The number of hydrogen-bond acceptors (Lipinski definition) is 4. The highest BCUT2D eigenvalue weighted by atomic mass is 16.6. The number of amides is 1. The van der Waals surface area contributed by atoms with Crippen molar-refractivity contribution in [3.63, 3.8) is 0 Å². The maximum Gasteiger partial charge on any atom is 0.308 e. The molecule has 1 amide bonds. The van der Waals surface area contributed by atoms with Gasteiger partial charge in [-0.05, 0) is 5.92 Å². The number of guanidine groups is 1. The molecule has 1 unspecified atom stereocenters. The Bertz CT molecular complexity index is 301. The summed E-state index contributed by atoms with van der Waals surface area (Å²) in [7, 11) is 1.52. The van der Waals surface area contributed by atoms with Gasteiger partial charge in [0.05, 0.1) is 0 Å². The summed E-state index contributed by atoms with van der Waals surface area (Å²) in [6.07, 6.45) is -0.728. The molecule has 6 nitrogen and oxygen atoms in total. The molecular formula is C9H15N3O3. The van der Waals surface area contributed by atoms with Crippen LogP contribution in [0.3, 0.4) is 0 Å². The normalized spacial score (nSPS) is 20.8. The Morgan fingerprint density at radius 3 is 2.67 bits per heavy atom. The molecule has 0 aliphatic carbocycles. The second-order valence-electron chi connectivity index (χ2n) is 3.89. The second-order valence-corrected chi connectivity index (χ2v) is 3.89. The molecule has 0 aromatic carbocycles. The van der Waals surface area contributed by atoms with Crippen molar-refractivity contribution >= 4 is 17.8 Å². The Labute approximate surface area is 88.1 Å². The third-order valence-corrected chi connectivity index (χ3v) is 1.99. The third-order valence-electron chi connectivity index (χ3n) is 1.99. The van der Waals surface area contributed by atoms with Crippen LogP contribution >= 0.6 is 0 Å².